The van der Waals surface area contributed by atoms with Gasteiger partial charge in [-0.1, -0.05) is 29.8 Å². The van der Waals surface area contributed by atoms with Crippen LogP contribution < -0.4 is 0 Å². The molecule has 0 aliphatic carbocycles. The minimum atomic E-state index is -3.62. The quantitative estimate of drug-likeness (QED) is 0.738. The van der Waals surface area contributed by atoms with E-state index in [4.69, 9.17) is 5.11 Å². The molecule has 0 amide bonds. The summed E-state index contributed by atoms with van der Waals surface area (Å²) in [5.41, 5.74) is 1.06. The molecule has 1 aromatic carbocycles. The van der Waals surface area contributed by atoms with E-state index in [1.165, 1.54) is 12.1 Å². The van der Waals surface area contributed by atoms with Crippen molar-refractivity contribution in [3.8, 4) is 0 Å². The van der Waals surface area contributed by atoms with Crippen LogP contribution in [0.25, 0.3) is 0 Å². The molecule has 0 spiro atoms. The minimum Gasteiger partial charge on any atom is -0.381 e. The highest BCUT2D eigenvalue weighted by Crippen LogP contribution is 2.34. The second-order valence-corrected chi connectivity index (χ2v) is 3.36. The van der Waals surface area contributed by atoms with Crippen molar-refractivity contribution in [1.29, 1.82) is 0 Å². The fraction of sp³-hybridized carbons (Fsp3) is 0.333. The lowest BCUT2D eigenvalue weighted by molar-refractivity contribution is -0.0424. The highest BCUT2D eigenvalue weighted by atomic mass is 35.5. The average Bonchev–Trinajstić information content (AvgIpc) is 2.03. The molecule has 0 aliphatic heterocycles. The SMILES string of the molecule is Cc1ccc(C(O)C(F)(F)Cl)cc1. The van der Waals surface area contributed by atoms with Crippen LogP contribution in [0.2, 0.25) is 0 Å². The molecule has 1 atom stereocenters. The van der Waals surface area contributed by atoms with Gasteiger partial charge in [0.1, 0.15) is 0 Å². The van der Waals surface area contributed by atoms with Gasteiger partial charge in [-0.2, -0.15) is 8.78 Å². The van der Waals surface area contributed by atoms with Crippen molar-refractivity contribution in [2.24, 2.45) is 0 Å². The van der Waals surface area contributed by atoms with E-state index in [1.807, 2.05) is 6.92 Å². The Balaban J connectivity index is 2.90. The van der Waals surface area contributed by atoms with Crippen LogP contribution >= 0.6 is 11.6 Å². The lowest BCUT2D eigenvalue weighted by atomic mass is 10.1. The first-order valence-corrected chi connectivity index (χ1v) is 4.10. The van der Waals surface area contributed by atoms with Gasteiger partial charge in [0, 0.05) is 0 Å². The molecule has 0 saturated heterocycles. The maximum atomic E-state index is 12.4. The van der Waals surface area contributed by atoms with Gasteiger partial charge < -0.3 is 5.11 Å². The summed E-state index contributed by atoms with van der Waals surface area (Å²) in [6, 6.07) is 6.13. The van der Waals surface area contributed by atoms with E-state index in [0.29, 0.717) is 0 Å². The van der Waals surface area contributed by atoms with Gasteiger partial charge in [0.05, 0.1) is 0 Å². The summed E-state index contributed by atoms with van der Waals surface area (Å²) in [5.74, 6) is 0. The average molecular weight is 207 g/mol. The molecule has 4 heteroatoms. The van der Waals surface area contributed by atoms with E-state index < -0.39 is 11.5 Å². The maximum absolute atomic E-state index is 12.4. The normalized spacial score (nSPS) is 14.2. The Hall–Kier alpha value is -0.670. The van der Waals surface area contributed by atoms with Crippen molar-refractivity contribution in [3.63, 3.8) is 0 Å². The molecule has 1 nitrogen and oxygen atoms in total. The monoisotopic (exact) mass is 206 g/mol. The van der Waals surface area contributed by atoms with Crippen LogP contribution in [-0.4, -0.2) is 10.5 Å². The highest BCUT2D eigenvalue weighted by molar-refractivity contribution is 6.22. The Kier molecular flexibility index (Phi) is 2.88. The Morgan fingerprint density at radius 1 is 1.31 bits per heavy atom. The summed E-state index contributed by atoms with van der Waals surface area (Å²) in [7, 11) is 0. The number of benzene rings is 1. The molecule has 1 aromatic rings. The summed E-state index contributed by atoms with van der Waals surface area (Å²) >= 11 is 4.67. The molecule has 13 heavy (non-hydrogen) atoms. The van der Waals surface area contributed by atoms with Crippen molar-refractivity contribution < 1.29 is 13.9 Å². The Morgan fingerprint density at radius 3 is 2.15 bits per heavy atom. The third-order valence-electron chi connectivity index (χ3n) is 1.70. The first kappa shape index (κ1) is 10.4. The predicted octanol–water partition coefficient (Wildman–Crippen LogP) is 2.86. The molecule has 0 heterocycles. The number of hydrogen-bond donors (Lipinski definition) is 1. The third-order valence-corrected chi connectivity index (χ3v) is 1.91. The molecular formula is C9H9ClF2O. The largest absolute Gasteiger partial charge is 0.381 e. The highest BCUT2D eigenvalue weighted by Gasteiger charge is 2.36. The Bertz CT molecular complexity index is 279. The lowest BCUT2D eigenvalue weighted by Crippen LogP contribution is -2.18. The standard InChI is InChI=1S/C9H9ClF2O/c1-6-2-4-7(5-3-6)8(13)9(10,11)12/h2-5,8,13H,1H3. The minimum absolute atomic E-state index is 0.116. The van der Waals surface area contributed by atoms with Crippen LogP contribution in [-0.2, 0) is 0 Å². The van der Waals surface area contributed by atoms with Gasteiger partial charge in [-0.15, -0.1) is 0 Å². The fourth-order valence-electron chi connectivity index (χ4n) is 0.938. The van der Waals surface area contributed by atoms with Crippen LogP contribution in [0.15, 0.2) is 24.3 Å². The van der Waals surface area contributed by atoms with Crippen LogP contribution in [0.4, 0.5) is 8.78 Å². The summed E-state index contributed by atoms with van der Waals surface area (Å²) in [4.78, 5) is 0. The smallest absolute Gasteiger partial charge is 0.351 e. The first-order chi connectivity index (χ1) is 5.91. The van der Waals surface area contributed by atoms with Crippen molar-refractivity contribution in [2.75, 3.05) is 0 Å². The maximum Gasteiger partial charge on any atom is 0.351 e. The number of alkyl halides is 3. The molecule has 0 bridgehead atoms. The van der Waals surface area contributed by atoms with E-state index >= 15 is 0 Å². The van der Waals surface area contributed by atoms with Crippen molar-refractivity contribution in [1.82, 2.24) is 0 Å². The number of aliphatic hydroxyl groups is 1. The molecule has 0 aromatic heterocycles. The molecule has 0 saturated carbocycles. The molecular weight excluding hydrogens is 198 g/mol. The van der Waals surface area contributed by atoms with E-state index in [-0.39, 0.29) is 5.56 Å². The second-order valence-electron chi connectivity index (χ2n) is 2.85. The zero-order chi connectivity index (χ0) is 10.1. The Labute approximate surface area is 80.0 Å². The first-order valence-electron chi connectivity index (χ1n) is 3.72. The topological polar surface area (TPSA) is 20.2 Å². The van der Waals surface area contributed by atoms with Crippen LogP contribution in [0, 0.1) is 6.92 Å². The van der Waals surface area contributed by atoms with Crippen molar-refractivity contribution in [3.05, 3.63) is 35.4 Å². The van der Waals surface area contributed by atoms with Crippen LogP contribution in [0.3, 0.4) is 0 Å². The van der Waals surface area contributed by atoms with E-state index in [9.17, 15) is 8.78 Å². The molecule has 1 N–H and O–H groups in total. The van der Waals surface area contributed by atoms with Crippen LogP contribution in [0.5, 0.6) is 0 Å². The molecule has 0 aliphatic rings. The van der Waals surface area contributed by atoms with E-state index in [0.717, 1.165) is 5.56 Å². The third kappa shape index (κ3) is 2.64. The van der Waals surface area contributed by atoms with E-state index in [1.54, 1.807) is 12.1 Å². The van der Waals surface area contributed by atoms with E-state index in [2.05, 4.69) is 11.6 Å². The Morgan fingerprint density at radius 2 is 1.77 bits per heavy atom. The number of aliphatic hydroxyl groups excluding tert-OH is 1. The molecule has 0 radical (unpaired) electrons. The van der Waals surface area contributed by atoms with Crippen LogP contribution in [0.1, 0.15) is 17.2 Å². The van der Waals surface area contributed by atoms with Gasteiger partial charge in [-0.25, -0.2) is 0 Å². The van der Waals surface area contributed by atoms with Gasteiger partial charge in [0.25, 0.3) is 0 Å². The lowest BCUT2D eigenvalue weighted by Gasteiger charge is -2.15. The number of aryl methyl sites for hydroxylation is 1. The van der Waals surface area contributed by atoms with Gasteiger partial charge in [-0.05, 0) is 24.1 Å². The summed E-state index contributed by atoms with van der Waals surface area (Å²) in [5, 5.41) is 5.45. The number of hydrogen-bond acceptors (Lipinski definition) is 1. The van der Waals surface area contributed by atoms with Gasteiger partial charge in [0.2, 0.25) is 0 Å². The summed E-state index contributed by atoms with van der Waals surface area (Å²) in [6.07, 6.45) is -1.95. The molecule has 1 unspecified atom stereocenters. The van der Waals surface area contributed by atoms with Gasteiger partial charge >= 0.3 is 5.38 Å². The summed E-state index contributed by atoms with van der Waals surface area (Å²) < 4.78 is 24.8. The van der Waals surface area contributed by atoms with Gasteiger partial charge in [-0.3, -0.25) is 0 Å². The molecule has 0 fully saturated rings. The predicted molar refractivity (Wildman–Crippen MR) is 46.9 cm³/mol. The number of rotatable bonds is 2. The molecule has 72 valence electrons. The second kappa shape index (κ2) is 3.60. The number of halogens is 3. The summed E-state index contributed by atoms with van der Waals surface area (Å²) in [6.45, 7) is 1.83. The molecule has 1 rings (SSSR count). The zero-order valence-corrected chi connectivity index (χ0v) is 7.72. The van der Waals surface area contributed by atoms with Crippen molar-refractivity contribution in [2.45, 2.75) is 18.4 Å². The fourth-order valence-corrected chi connectivity index (χ4v) is 1.06. The zero-order valence-electron chi connectivity index (χ0n) is 6.97. The van der Waals surface area contributed by atoms with Gasteiger partial charge in [0.15, 0.2) is 6.10 Å². The van der Waals surface area contributed by atoms with Crippen molar-refractivity contribution >= 4 is 11.6 Å².